The molecule has 0 bridgehead atoms. The summed E-state index contributed by atoms with van der Waals surface area (Å²) >= 11 is 0. The number of unbranched alkanes of at least 4 members (excludes halogenated alkanes) is 4. The fourth-order valence-electron chi connectivity index (χ4n) is 6.57. The van der Waals surface area contributed by atoms with Crippen LogP contribution < -0.4 is 4.74 Å². The average Bonchev–Trinajstić information content (AvgIpc) is 2.84. The summed E-state index contributed by atoms with van der Waals surface area (Å²) in [4.78, 5) is 0. The maximum Gasteiger partial charge on any atom is 0.137 e. The summed E-state index contributed by atoms with van der Waals surface area (Å²) in [6.45, 7) is 4.57. The lowest BCUT2D eigenvalue weighted by molar-refractivity contribution is 0.112. The minimum atomic E-state index is -0.527. The molecule has 4 atom stereocenters. The van der Waals surface area contributed by atoms with Gasteiger partial charge in [0.15, 0.2) is 0 Å². The number of halogens is 2. The van der Waals surface area contributed by atoms with Crippen LogP contribution in [-0.2, 0) is 0 Å². The van der Waals surface area contributed by atoms with Gasteiger partial charge >= 0.3 is 0 Å². The molecule has 186 valence electrons. The molecule has 2 saturated carbocycles. The molecule has 0 aromatic heterocycles. The highest BCUT2D eigenvalue weighted by Gasteiger charge is 2.36. The van der Waals surface area contributed by atoms with Crippen molar-refractivity contribution in [2.24, 2.45) is 17.8 Å². The van der Waals surface area contributed by atoms with E-state index in [4.69, 9.17) is 4.74 Å². The lowest BCUT2D eigenvalue weighted by Crippen LogP contribution is -2.30. The first kappa shape index (κ1) is 25.2. The number of rotatable bonds is 10. The molecular weight excluding hydrogens is 426 g/mol. The van der Waals surface area contributed by atoms with Crippen molar-refractivity contribution < 1.29 is 13.5 Å². The molecule has 0 radical (unpaired) electrons. The van der Waals surface area contributed by atoms with E-state index < -0.39 is 5.82 Å². The van der Waals surface area contributed by atoms with Gasteiger partial charge in [-0.25, -0.2) is 8.78 Å². The minimum absolute atomic E-state index is 0.116. The van der Waals surface area contributed by atoms with E-state index in [1.165, 1.54) is 70.3 Å². The fraction of sp³-hybridized carbons (Fsp3) is 0.613. The maximum atomic E-state index is 15.6. The van der Waals surface area contributed by atoms with Crippen LogP contribution in [0.2, 0.25) is 0 Å². The van der Waals surface area contributed by atoms with Gasteiger partial charge in [0.1, 0.15) is 24.0 Å². The minimum Gasteiger partial charge on any atom is -0.489 e. The van der Waals surface area contributed by atoms with Gasteiger partial charge in [-0.3, -0.25) is 0 Å². The highest BCUT2D eigenvalue weighted by molar-refractivity contribution is 5.86. The molecule has 2 aliphatic carbocycles. The lowest BCUT2D eigenvalue weighted by Gasteiger charge is -2.42. The van der Waals surface area contributed by atoms with Crippen LogP contribution in [0.25, 0.3) is 10.8 Å². The second-order valence-electron chi connectivity index (χ2n) is 10.8. The summed E-state index contributed by atoms with van der Waals surface area (Å²) in [6, 6.07) is 6.84. The Bertz CT molecular complexity index is 966. The van der Waals surface area contributed by atoms with Crippen molar-refractivity contribution in [2.75, 3.05) is 6.61 Å². The van der Waals surface area contributed by atoms with E-state index in [1.807, 2.05) is 31.2 Å². The van der Waals surface area contributed by atoms with Crippen molar-refractivity contribution in [3.8, 4) is 5.75 Å². The number of fused-ring (bicyclic) bond motifs is 2. The number of hydrogen-bond acceptors (Lipinski definition) is 1. The summed E-state index contributed by atoms with van der Waals surface area (Å²) in [5, 5.41) is 0.689. The van der Waals surface area contributed by atoms with Gasteiger partial charge in [-0.05, 0) is 79.7 Å². The Morgan fingerprint density at radius 1 is 0.941 bits per heavy atom. The summed E-state index contributed by atoms with van der Waals surface area (Å²) in [6.07, 6.45) is 19.3. The van der Waals surface area contributed by atoms with Gasteiger partial charge in [0, 0.05) is 6.07 Å². The van der Waals surface area contributed by atoms with Crippen molar-refractivity contribution in [1.29, 1.82) is 0 Å². The smallest absolute Gasteiger partial charge is 0.137 e. The van der Waals surface area contributed by atoms with E-state index >= 15 is 4.39 Å². The molecule has 2 aliphatic rings. The monoisotopic (exact) mass is 468 g/mol. The Morgan fingerprint density at radius 3 is 2.56 bits per heavy atom. The van der Waals surface area contributed by atoms with Crippen molar-refractivity contribution in [3.63, 3.8) is 0 Å². The lowest BCUT2D eigenvalue weighted by atomic mass is 9.63. The van der Waals surface area contributed by atoms with Crippen LogP contribution in [0.1, 0.15) is 102 Å². The van der Waals surface area contributed by atoms with Crippen LogP contribution in [-0.4, -0.2) is 6.61 Å². The highest BCUT2D eigenvalue weighted by atomic mass is 19.1. The van der Waals surface area contributed by atoms with Crippen LogP contribution in [0.4, 0.5) is 8.78 Å². The SMILES string of the molecule is C/C=C/COc1cc(F)c2c(F)c(C3CCC4CC(CCCCCCC)CCC4C3)ccc2c1. The quantitative estimate of drug-likeness (QED) is 0.249. The van der Waals surface area contributed by atoms with Gasteiger partial charge in [0.2, 0.25) is 0 Å². The molecule has 2 fully saturated rings. The van der Waals surface area contributed by atoms with Gasteiger partial charge in [-0.1, -0.05) is 76.2 Å². The molecule has 2 aromatic rings. The Balaban J connectivity index is 1.38. The molecule has 34 heavy (non-hydrogen) atoms. The predicted octanol–water partition coefficient (Wildman–Crippen LogP) is 9.73. The molecular formula is C31H42F2O. The Morgan fingerprint density at radius 2 is 1.74 bits per heavy atom. The number of benzene rings is 2. The average molecular weight is 469 g/mol. The van der Waals surface area contributed by atoms with Crippen molar-refractivity contribution >= 4 is 10.8 Å². The second-order valence-corrected chi connectivity index (χ2v) is 10.8. The van der Waals surface area contributed by atoms with Crippen LogP contribution in [0.3, 0.4) is 0 Å². The molecule has 1 nitrogen and oxygen atoms in total. The first-order valence-electron chi connectivity index (χ1n) is 13.8. The van der Waals surface area contributed by atoms with Crippen LogP contribution in [0.15, 0.2) is 36.4 Å². The van der Waals surface area contributed by atoms with Gasteiger partial charge in [0.05, 0.1) is 5.39 Å². The first-order valence-corrected chi connectivity index (χ1v) is 13.8. The molecule has 4 unspecified atom stereocenters. The van der Waals surface area contributed by atoms with E-state index in [2.05, 4.69) is 6.92 Å². The third kappa shape index (κ3) is 6.01. The molecule has 2 aromatic carbocycles. The van der Waals surface area contributed by atoms with Crippen LogP contribution >= 0.6 is 0 Å². The molecule has 0 amide bonds. The van der Waals surface area contributed by atoms with Crippen LogP contribution in [0, 0.1) is 29.4 Å². The predicted molar refractivity (Wildman–Crippen MR) is 138 cm³/mol. The molecule has 4 rings (SSSR count). The Kier molecular flexibility index (Phi) is 9.03. The van der Waals surface area contributed by atoms with E-state index in [9.17, 15) is 4.39 Å². The Hall–Kier alpha value is -1.90. The molecule has 0 saturated heterocycles. The van der Waals surface area contributed by atoms with E-state index in [0.29, 0.717) is 29.2 Å². The number of ether oxygens (including phenoxy) is 1. The molecule has 0 spiro atoms. The fourth-order valence-corrected chi connectivity index (χ4v) is 6.57. The van der Waals surface area contributed by atoms with E-state index in [-0.39, 0.29) is 17.1 Å². The van der Waals surface area contributed by atoms with Gasteiger partial charge in [-0.2, -0.15) is 0 Å². The number of allylic oxidation sites excluding steroid dienone is 1. The summed E-state index contributed by atoms with van der Waals surface area (Å²) in [5.41, 5.74) is 0.713. The topological polar surface area (TPSA) is 9.23 Å². The second kappa shape index (κ2) is 12.2. The van der Waals surface area contributed by atoms with Crippen molar-refractivity contribution in [1.82, 2.24) is 0 Å². The zero-order valence-corrected chi connectivity index (χ0v) is 21.1. The van der Waals surface area contributed by atoms with Crippen molar-refractivity contribution in [2.45, 2.75) is 96.8 Å². The maximum absolute atomic E-state index is 15.6. The van der Waals surface area contributed by atoms with E-state index in [0.717, 1.165) is 24.7 Å². The van der Waals surface area contributed by atoms with Crippen molar-refractivity contribution in [3.05, 3.63) is 53.6 Å². The summed E-state index contributed by atoms with van der Waals surface area (Å²) in [7, 11) is 0. The highest BCUT2D eigenvalue weighted by Crippen LogP contribution is 2.49. The largest absolute Gasteiger partial charge is 0.489 e. The summed E-state index contributed by atoms with van der Waals surface area (Å²) < 4.78 is 36.1. The number of hydrogen-bond donors (Lipinski definition) is 0. The third-order valence-corrected chi connectivity index (χ3v) is 8.47. The van der Waals surface area contributed by atoms with Gasteiger partial charge in [-0.15, -0.1) is 0 Å². The molecule has 0 N–H and O–H groups in total. The Labute approximate surface area is 205 Å². The molecule has 0 heterocycles. The third-order valence-electron chi connectivity index (χ3n) is 8.47. The zero-order valence-electron chi connectivity index (χ0n) is 21.1. The first-order chi connectivity index (χ1) is 16.6. The van der Waals surface area contributed by atoms with Gasteiger partial charge < -0.3 is 4.74 Å². The molecule has 3 heteroatoms. The molecule has 0 aliphatic heterocycles. The van der Waals surface area contributed by atoms with E-state index in [1.54, 1.807) is 6.07 Å². The van der Waals surface area contributed by atoms with Crippen LogP contribution in [0.5, 0.6) is 5.75 Å². The normalized spacial score (nSPS) is 25.1. The zero-order chi connectivity index (χ0) is 23.9. The van der Waals surface area contributed by atoms with Gasteiger partial charge in [0.25, 0.3) is 0 Å². The summed E-state index contributed by atoms with van der Waals surface area (Å²) in [5.74, 6) is 2.18. The standard InChI is InChI=1S/C31H42F2O/c1-3-5-7-8-9-10-22-11-12-24-19-25(14-13-23(24)18-22)28-16-15-26-20-27(34-17-6-4-2)21-29(32)30(26)31(28)33/h4,6,15-16,20-25H,3,5,7-14,17-19H2,1-2H3/b6-4+.